The predicted octanol–water partition coefficient (Wildman–Crippen LogP) is 4.52. The van der Waals surface area contributed by atoms with Crippen molar-refractivity contribution in [2.24, 2.45) is 0 Å². The molecular formula is C28H32N6O4. The third-order valence-corrected chi connectivity index (χ3v) is 7.64. The second kappa shape index (κ2) is 10.4. The van der Waals surface area contributed by atoms with Gasteiger partial charge >= 0.3 is 0 Å². The van der Waals surface area contributed by atoms with Crippen LogP contribution in [0.4, 0.5) is 0 Å². The van der Waals surface area contributed by atoms with Crippen molar-refractivity contribution in [3.63, 3.8) is 0 Å². The van der Waals surface area contributed by atoms with E-state index in [-0.39, 0.29) is 18.4 Å². The molecule has 38 heavy (non-hydrogen) atoms. The molecule has 0 saturated heterocycles. The van der Waals surface area contributed by atoms with Gasteiger partial charge in [-0.05, 0) is 71.0 Å². The first-order valence-corrected chi connectivity index (χ1v) is 13.2. The molecule has 0 spiro atoms. The molecule has 10 heteroatoms. The summed E-state index contributed by atoms with van der Waals surface area (Å²) in [5.41, 5.74) is 2.38. The van der Waals surface area contributed by atoms with Gasteiger partial charge in [-0.1, -0.05) is 25.8 Å². The van der Waals surface area contributed by atoms with E-state index in [2.05, 4.69) is 32.3 Å². The summed E-state index contributed by atoms with van der Waals surface area (Å²) >= 11 is 0. The highest BCUT2D eigenvalue weighted by Gasteiger charge is 2.30. The standard InChI is InChI=1S/C28H32N6O4/c1-3-24(27-30-31-32-34(27)21-6-4-5-7-21)33(15-18-8-11-25-26(12-18)38-17-37-25)16-20-13-19-9-10-22(36-2)14-23(19)29-28(20)35/h8-14,21,24H,3-7,15-17H2,1-2H3,(H,29,35)/t24-/m1/s1. The average Bonchev–Trinajstić information content (AvgIpc) is 3.71. The minimum Gasteiger partial charge on any atom is -0.497 e. The van der Waals surface area contributed by atoms with Gasteiger partial charge in [-0.15, -0.1) is 5.10 Å². The van der Waals surface area contributed by atoms with Crippen molar-refractivity contribution in [2.75, 3.05) is 13.9 Å². The van der Waals surface area contributed by atoms with E-state index in [0.29, 0.717) is 30.4 Å². The van der Waals surface area contributed by atoms with Gasteiger partial charge in [0.15, 0.2) is 17.3 Å². The van der Waals surface area contributed by atoms with Crippen molar-refractivity contribution < 1.29 is 14.2 Å². The molecule has 1 N–H and O–H groups in total. The van der Waals surface area contributed by atoms with Gasteiger partial charge in [-0.3, -0.25) is 9.69 Å². The van der Waals surface area contributed by atoms with Crippen LogP contribution >= 0.6 is 0 Å². The molecule has 1 fully saturated rings. The number of fused-ring (bicyclic) bond motifs is 2. The van der Waals surface area contributed by atoms with Gasteiger partial charge in [0, 0.05) is 24.7 Å². The Labute approximate surface area is 220 Å². The van der Waals surface area contributed by atoms with Crippen LogP contribution in [0.2, 0.25) is 0 Å². The smallest absolute Gasteiger partial charge is 0.252 e. The minimum atomic E-state index is -0.119. The van der Waals surface area contributed by atoms with Gasteiger partial charge < -0.3 is 19.2 Å². The number of methoxy groups -OCH3 is 1. The molecule has 2 aliphatic rings. The van der Waals surface area contributed by atoms with E-state index in [1.807, 2.05) is 47.1 Å². The third kappa shape index (κ3) is 4.71. The maximum atomic E-state index is 13.2. The van der Waals surface area contributed by atoms with E-state index in [1.54, 1.807) is 7.11 Å². The lowest BCUT2D eigenvalue weighted by atomic mass is 10.1. The van der Waals surface area contributed by atoms with E-state index in [9.17, 15) is 4.79 Å². The van der Waals surface area contributed by atoms with Crippen LogP contribution in [0.3, 0.4) is 0 Å². The number of nitrogens with zero attached hydrogens (tertiary/aromatic N) is 5. The van der Waals surface area contributed by atoms with Crippen LogP contribution in [0.1, 0.15) is 68.1 Å². The van der Waals surface area contributed by atoms with Crippen LogP contribution < -0.4 is 19.8 Å². The monoisotopic (exact) mass is 516 g/mol. The Morgan fingerprint density at radius 2 is 1.95 bits per heavy atom. The molecule has 0 amide bonds. The Morgan fingerprint density at radius 3 is 2.76 bits per heavy atom. The highest BCUT2D eigenvalue weighted by molar-refractivity contribution is 5.80. The Balaban J connectivity index is 1.37. The quantitative estimate of drug-likeness (QED) is 0.346. The normalized spacial score (nSPS) is 16.0. The number of nitrogens with one attached hydrogen (secondary N) is 1. The molecule has 2 aromatic carbocycles. The summed E-state index contributed by atoms with van der Waals surface area (Å²) in [7, 11) is 1.62. The molecule has 6 rings (SSSR count). The first-order chi connectivity index (χ1) is 18.6. The van der Waals surface area contributed by atoms with Gasteiger partial charge in [-0.2, -0.15) is 0 Å². The lowest BCUT2D eigenvalue weighted by Gasteiger charge is -2.31. The second-order valence-electron chi connectivity index (χ2n) is 10.0. The number of rotatable bonds is 9. The van der Waals surface area contributed by atoms with Crippen molar-refractivity contribution in [1.82, 2.24) is 30.1 Å². The molecule has 1 aliphatic heterocycles. The van der Waals surface area contributed by atoms with Gasteiger partial charge in [0.05, 0.1) is 24.7 Å². The molecule has 1 atom stereocenters. The fourth-order valence-electron chi connectivity index (χ4n) is 5.67. The van der Waals surface area contributed by atoms with E-state index in [0.717, 1.165) is 53.1 Å². The van der Waals surface area contributed by atoms with Gasteiger partial charge in [0.1, 0.15) is 5.75 Å². The van der Waals surface area contributed by atoms with Gasteiger partial charge in [-0.25, -0.2) is 4.68 Å². The van der Waals surface area contributed by atoms with Crippen LogP contribution in [0, 0.1) is 0 Å². The first-order valence-electron chi connectivity index (χ1n) is 13.2. The molecule has 4 aromatic rings. The minimum absolute atomic E-state index is 0.0815. The van der Waals surface area contributed by atoms with E-state index in [4.69, 9.17) is 14.2 Å². The topological polar surface area (TPSA) is 107 Å². The maximum Gasteiger partial charge on any atom is 0.252 e. The zero-order valence-electron chi connectivity index (χ0n) is 21.7. The molecular weight excluding hydrogens is 484 g/mol. The Hall–Kier alpha value is -3.92. The summed E-state index contributed by atoms with van der Waals surface area (Å²) in [6.07, 6.45) is 5.35. The summed E-state index contributed by atoms with van der Waals surface area (Å²) in [6.45, 7) is 3.39. The van der Waals surface area contributed by atoms with Crippen LogP contribution in [0.25, 0.3) is 10.9 Å². The van der Waals surface area contributed by atoms with Crippen molar-refractivity contribution >= 4 is 10.9 Å². The first kappa shape index (κ1) is 24.4. The second-order valence-corrected chi connectivity index (χ2v) is 10.0. The fraction of sp³-hybridized carbons (Fsp3) is 0.429. The molecule has 2 aromatic heterocycles. The van der Waals surface area contributed by atoms with Crippen LogP contribution in [0.5, 0.6) is 17.2 Å². The van der Waals surface area contributed by atoms with Gasteiger partial charge in [0.25, 0.3) is 5.56 Å². The Morgan fingerprint density at radius 1 is 1.11 bits per heavy atom. The van der Waals surface area contributed by atoms with E-state index >= 15 is 0 Å². The van der Waals surface area contributed by atoms with E-state index in [1.165, 1.54) is 12.8 Å². The number of hydrogen-bond acceptors (Lipinski definition) is 8. The molecule has 10 nitrogen and oxygen atoms in total. The zero-order valence-corrected chi connectivity index (χ0v) is 21.7. The number of ether oxygens (including phenoxy) is 3. The lowest BCUT2D eigenvalue weighted by molar-refractivity contribution is 0.158. The number of tetrazole rings is 1. The molecule has 3 heterocycles. The zero-order chi connectivity index (χ0) is 26.1. The molecule has 0 bridgehead atoms. The average molecular weight is 517 g/mol. The van der Waals surface area contributed by atoms with Crippen LogP contribution in [-0.4, -0.2) is 44.0 Å². The number of aromatic amines is 1. The summed E-state index contributed by atoms with van der Waals surface area (Å²) in [5, 5.41) is 13.9. The summed E-state index contributed by atoms with van der Waals surface area (Å²) < 4.78 is 18.5. The van der Waals surface area contributed by atoms with E-state index < -0.39 is 0 Å². The number of H-pyrrole nitrogens is 1. The van der Waals surface area contributed by atoms with Crippen molar-refractivity contribution in [3.05, 3.63) is 69.8 Å². The van der Waals surface area contributed by atoms with Gasteiger partial charge in [0.2, 0.25) is 6.79 Å². The Kier molecular flexibility index (Phi) is 6.71. The Bertz CT molecular complexity index is 1490. The highest BCUT2D eigenvalue weighted by Crippen LogP contribution is 2.36. The van der Waals surface area contributed by atoms with Crippen molar-refractivity contribution in [1.29, 1.82) is 0 Å². The van der Waals surface area contributed by atoms with Crippen molar-refractivity contribution in [3.8, 4) is 17.2 Å². The number of pyridine rings is 1. The third-order valence-electron chi connectivity index (χ3n) is 7.64. The predicted molar refractivity (Wildman–Crippen MR) is 141 cm³/mol. The van der Waals surface area contributed by atoms with Crippen LogP contribution in [0.15, 0.2) is 47.3 Å². The maximum absolute atomic E-state index is 13.2. The summed E-state index contributed by atoms with van der Waals surface area (Å²) in [6, 6.07) is 13.9. The molecule has 1 saturated carbocycles. The number of aromatic nitrogens is 5. The molecule has 198 valence electrons. The number of benzene rings is 2. The largest absolute Gasteiger partial charge is 0.497 e. The van der Waals surface area contributed by atoms with Crippen molar-refractivity contribution in [2.45, 2.75) is 64.2 Å². The van der Waals surface area contributed by atoms with Crippen LogP contribution in [-0.2, 0) is 13.1 Å². The summed E-state index contributed by atoms with van der Waals surface area (Å²) in [5.74, 6) is 3.04. The molecule has 1 aliphatic carbocycles. The number of hydrogen-bond donors (Lipinski definition) is 1. The molecule has 0 radical (unpaired) electrons. The fourth-order valence-corrected chi connectivity index (χ4v) is 5.67. The SMILES string of the molecule is CC[C@H](c1nnnn1C1CCCC1)N(Cc1ccc2c(c1)OCO2)Cc1cc2ccc(OC)cc2[nH]c1=O. The summed E-state index contributed by atoms with van der Waals surface area (Å²) in [4.78, 5) is 18.6. The lowest BCUT2D eigenvalue weighted by Crippen LogP contribution is -2.32. The highest BCUT2D eigenvalue weighted by atomic mass is 16.7. The molecule has 0 unspecified atom stereocenters.